The van der Waals surface area contributed by atoms with Crippen molar-refractivity contribution in [1.82, 2.24) is 14.9 Å². The molecule has 0 saturated heterocycles. The zero-order valence-corrected chi connectivity index (χ0v) is 8.54. The van der Waals surface area contributed by atoms with E-state index in [9.17, 15) is 0 Å². The van der Waals surface area contributed by atoms with E-state index in [2.05, 4.69) is 35.6 Å². The van der Waals surface area contributed by atoms with Crippen molar-refractivity contribution in [2.75, 3.05) is 6.54 Å². The highest BCUT2D eigenvalue weighted by Gasteiger charge is 2.30. The summed E-state index contributed by atoms with van der Waals surface area (Å²) < 4.78 is 2.19. The van der Waals surface area contributed by atoms with Crippen LogP contribution in [0.1, 0.15) is 32.4 Å². The van der Waals surface area contributed by atoms with Crippen LogP contribution in [0.3, 0.4) is 0 Å². The average molecular weight is 179 g/mol. The van der Waals surface area contributed by atoms with Crippen LogP contribution < -0.4 is 5.32 Å². The van der Waals surface area contributed by atoms with E-state index < -0.39 is 0 Å². The van der Waals surface area contributed by atoms with Crippen molar-refractivity contribution >= 4 is 0 Å². The molecule has 1 aromatic heterocycles. The van der Waals surface area contributed by atoms with Gasteiger partial charge in [-0.15, -0.1) is 0 Å². The first kappa shape index (κ1) is 8.75. The monoisotopic (exact) mass is 179 g/mol. The van der Waals surface area contributed by atoms with Crippen molar-refractivity contribution in [3.8, 4) is 0 Å². The van der Waals surface area contributed by atoms with Crippen molar-refractivity contribution in [1.29, 1.82) is 0 Å². The Kier molecular flexibility index (Phi) is 1.91. The van der Waals surface area contributed by atoms with Gasteiger partial charge in [-0.2, -0.15) is 0 Å². The van der Waals surface area contributed by atoms with Crippen LogP contribution in [0.5, 0.6) is 0 Å². The Bertz CT molecular complexity index is 295. The van der Waals surface area contributed by atoms with Crippen molar-refractivity contribution in [2.45, 2.75) is 33.4 Å². The fraction of sp³-hybridized carbons (Fsp3) is 0.700. The maximum absolute atomic E-state index is 4.19. The number of nitrogens with zero attached hydrogens (tertiary/aromatic N) is 2. The summed E-state index contributed by atoms with van der Waals surface area (Å²) in [4.78, 5) is 4.19. The predicted octanol–water partition coefficient (Wildman–Crippen LogP) is 1.57. The molecule has 0 bridgehead atoms. The highest BCUT2D eigenvalue weighted by atomic mass is 15.2. The second-order valence-electron chi connectivity index (χ2n) is 4.82. The minimum Gasteiger partial charge on any atom is -0.321 e. The van der Waals surface area contributed by atoms with Gasteiger partial charge in [0.1, 0.15) is 0 Å². The van der Waals surface area contributed by atoms with Crippen LogP contribution in [0.25, 0.3) is 0 Å². The largest absolute Gasteiger partial charge is 0.321 e. The van der Waals surface area contributed by atoms with E-state index in [1.165, 1.54) is 5.69 Å². The smallest absolute Gasteiger partial charge is 0.0959 e. The number of nitrogens with one attached hydrogen (secondary N) is 1. The molecule has 1 aliphatic heterocycles. The van der Waals surface area contributed by atoms with Crippen molar-refractivity contribution in [3.63, 3.8) is 0 Å². The molecule has 1 aromatic rings. The lowest BCUT2D eigenvalue weighted by molar-refractivity contribution is 0.266. The molecule has 3 nitrogen and oxygen atoms in total. The fourth-order valence-corrected chi connectivity index (χ4v) is 1.94. The van der Waals surface area contributed by atoms with E-state index in [0.717, 1.165) is 13.2 Å². The van der Waals surface area contributed by atoms with Gasteiger partial charge in [-0.05, 0) is 5.41 Å². The zero-order valence-electron chi connectivity index (χ0n) is 8.54. The van der Waals surface area contributed by atoms with Crippen LogP contribution in [-0.2, 0) is 6.67 Å². The quantitative estimate of drug-likeness (QED) is 0.655. The third-order valence-electron chi connectivity index (χ3n) is 2.78. The Morgan fingerprint density at radius 1 is 1.54 bits per heavy atom. The lowest BCUT2D eigenvalue weighted by Gasteiger charge is -2.34. The van der Waals surface area contributed by atoms with Crippen LogP contribution in [0, 0.1) is 5.41 Å². The molecule has 0 saturated carbocycles. The van der Waals surface area contributed by atoms with E-state index in [4.69, 9.17) is 0 Å². The molecule has 0 spiro atoms. The Morgan fingerprint density at radius 3 is 3.00 bits per heavy atom. The minimum atomic E-state index is 0.311. The second kappa shape index (κ2) is 2.84. The first-order valence-corrected chi connectivity index (χ1v) is 4.80. The van der Waals surface area contributed by atoms with Crippen LogP contribution in [0.2, 0.25) is 0 Å². The standard InChI is InChI=1S/C10H17N3/c1-10(2,3)8-4-11-6-13-7-12-5-9(8)13/h5,7-8,11H,4,6H2,1-3H3. The van der Waals surface area contributed by atoms with E-state index in [0.29, 0.717) is 11.3 Å². The second-order valence-corrected chi connectivity index (χ2v) is 4.82. The summed E-state index contributed by atoms with van der Waals surface area (Å²) in [5, 5.41) is 3.41. The summed E-state index contributed by atoms with van der Waals surface area (Å²) in [7, 11) is 0. The molecule has 2 rings (SSSR count). The topological polar surface area (TPSA) is 29.9 Å². The van der Waals surface area contributed by atoms with Crippen molar-refractivity contribution < 1.29 is 0 Å². The fourth-order valence-electron chi connectivity index (χ4n) is 1.94. The Hall–Kier alpha value is -0.830. The van der Waals surface area contributed by atoms with Gasteiger partial charge < -0.3 is 4.57 Å². The maximum atomic E-state index is 4.19. The number of fused-ring (bicyclic) bond motifs is 1. The number of imidazole rings is 1. The van der Waals surface area contributed by atoms with Gasteiger partial charge in [0.2, 0.25) is 0 Å². The molecule has 13 heavy (non-hydrogen) atoms. The van der Waals surface area contributed by atoms with Gasteiger partial charge in [0, 0.05) is 24.4 Å². The molecule has 3 heteroatoms. The molecule has 0 fully saturated rings. The molecule has 1 N–H and O–H groups in total. The van der Waals surface area contributed by atoms with Crippen molar-refractivity contribution in [3.05, 3.63) is 18.2 Å². The summed E-state index contributed by atoms with van der Waals surface area (Å²) in [6.45, 7) is 8.81. The zero-order chi connectivity index (χ0) is 9.47. The van der Waals surface area contributed by atoms with Crippen LogP contribution in [0.4, 0.5) is 0 Å². The summed E-state index contributed by atoms with van der Waals surface area (Å²) in [5.74, 6) is 0.573. The molecule has 0 radical (unpaired) electrons. The molecule has 0 aliphatic carbocycles. The third kappa shape index (κ3) is 1.48. The van der Waals surface area contributed by atoms with Gasteiger partial charge in [-0.3, -0.25) is 5.32 Å². The van der Waals surface area contributed by atoms with Gasteiger partial charge in [-0.25, -0.2) is 4.98 Å². The van der Waals surface area contributed by atoms with E-state index in [1.807, 2.05) is 12.5 Å². The lowest BCUT2D eigenvalue weighted by Crippen LogP contribution is -2.37. The van der Waals surface area contributed by atoms with E-state index in [-0.39, 0.29) is 0 Å². The summed E-state index contributed by atoms with van der Waals surface area (Å²) in [5.41, 5.74) is 1.68. The molecule has 1 aliphatic rings. The Balaban J connectivity index is 2.35. The third-order valence-corrected chi connectivity index (χ3v) is 2.78. The van der Waals surface area contributed by atoms with Gasteiger partial charge in [0.15, 0.2) is 0 Å². The SMILES string of the molecule is CC(C)(C)C1CNCn2cncc21. The van der Waals surface area contributed by atoms with Crippen LogP contribution in [0.15, 0.2) is 12.5 Å². The highest BCUT2D eigenvalue weighted by molar-refractivity contribution is 5.12. The van der Waals surface area contributed by atoms with Crippen LogP contribution in [-0.4, -0.2) is 16.1 Å². The first-order chi connectivity index (χ1) is 6.09. The van der Waals surface area contributed by atoms with E-state index in [1.54, 1.807) is 0 Å². The Morgan fingerprint density at radius 2 is 2.31 bits per heavy atom. The number of hydrogen-bond donors (Lipinski definition) is 1. The molecular formula is C10H17N3. The minimum absolute atomic E-state index is 0.311. The Labute approximate surface area is 79.2 Å². The van der Waals surface area contributed by atoms with Gasteiger partial charge in [0.25, 0.3) is 0 Å². The summed E-state index contributed by atoms with van der Waals surface area (Å²) >= 11 is 0. The van der Waals surface area contributed by atoms with Crippen LogP contribution >= 0.6 is 0 Å². The highest BCUT2D eigenvalue weighted by Crippen LogP contribution is 2.35. The molecule has 1 atom stereocenters. The molecule has 2 heterocycles. The normalized spacial score (nSPS) is 22.8. The molecule has 0 aromatic carbocycles. The van der Waals surface area contributed by atoms with Gasteiger partial charge >= 0.3 is 0 Å². The molecular weight excluding hydrogens is 162 g/mol. The maximum Gasteiger partial charge on any atom is 0.0959 e. The number of hydrogen-bond acceptors (Lipinski definition) is 2. The number of aromatic nitrogens is 2. The summed E-state index contributed by atoms with van der Waals surface area (Å²) in [6.07, 6.45) is 3.90. The molecule has 1 unspecified atom stereocenters. The van der Waals surface area contributed by atoms with Gasteiger partial charge in [0.05, 0.1) is 13.0 Å². The van der Waals surface area contributed by atoms with E-state index >= 15 is 0 Å². The molecule has 72 valence electrons. The van der Waals surface area contributed by atoms with Crippen molar-refractivity contribution in [2.24, 2.45) is 5.41 Å². The lowest BCUT2D eigenvalue weighted by atomic mass is 9.78. The predicted molar refractivity (Wildman–Crippen MR) is 52.4 cm³/mol. The van der Waals surface area contributed by atoms with Gasteiger partial charge in [-0.1, -0.05) is 20.8 Å². The number of rotatable bonds is 0. The average Bonchev–Trinajstić information content (AvgIpc) is 2.48. The molecule has 0 amide bonds. The summed E-state index contributed by atoms with van der Waals surface area (Å²) in [6, 6.07) is 0. The first-order valence-electron chi connectivity index (χ1n) is 4.80.